The first-order valence-electron chi connectivity index (χ1n) is 6.71. The van der Waals surface area contributed by atoms with Crippen molar-refractivity contribution < 1.29 is 14.3 Å². The van der Waals surface area contributed by atoms with Crippen LogP contribution in [-0.2, 0) is 15.9 Å². The summed E-state index contributed by atoms with van der Waals surface area (Å²) in [6.45, 7) is 7.33. The molecule has 0 aromatic heterocycles. The van der Waals surface area contributed by atoms with E-state index in [1.54, 1.807) is 12.3 Å². The quantitative estimate of drug-likeness (QED) is 0.660. The Hall–Kier alpha value is -1.97. The number of amides is 1. The Kier molecular flexibility index (Phi) is 6.10. The number of carbonyl (C=O) groups excluding carboxylic acids is 1. The van der Waals surface area contributed by atoms with Gasteiger partial charge in [0.1, 0.15) is 5.60 Å². The number of nitrogens with one attached hydrogen (secondary N) is 1. The highest BCUT2D eigenvalue weighted by molar-refractivity contribution is 5.67. The van der Waals surface area contributed by atoms with Crippen molar-refractivity contribution in [3.05, 3.63) is 48.2 Å². The van der Waals surface area contributed by atoms with Crippen molar-refractivity contribution in [1.29, 1.82) is 0 Å². The molecule has 1 atom stereocenters. The Morgan fingerprint density at radius 2 is 1.95 bits per heavy atom. The maximum Gasteiger partial charge on any atom is 0.410 e. The van der Waals surface area contributed by atoms with E-state index in [1.165, 1.54) is 0 Å². The number of hydrogen-bond acceptors (Lipinski definition) is 3. The molecule has 1 amide bonds. The fourth-order valence-electron chi connectivity index (χ4n) is 1.57. The molecule has 0 saturated heterocycles. The molecule has 1 rings (SSSR count). The lowest BCUT2D eigenvalue weighted by Gasteiger charge is -2.23. The minimum absolute atomic E-state index is 0.455. The van der Waals surface area contributed by atoms with Gasteiger partial charge >= 0.3 is 6.09 Å². The van der Waals surface area contributed by atoms with Crippen molar-refractivity contribution in [2.45, 2.75) is 45.9 Å². The van der Waals surface area contributed by atoms with E-state index in [1.807, 2.05) is 58.0 Å². The Bertz CT molecular complexity index is 435. The first-order chi connectivity index (χ1) is 9.40. The van der Waals surface area contributed by atoms with Gasteiger partial charge < -0.3 is 9.47 Å². The van der Waals surface area contributed by atoms with Gasteiger partial charge in [-0.3, -0.25) is 5.32 Å². The second-order valence-electron chi connectivity index (χ2n) is 5.43. The third kappa shape index (κ3) is 6.83. The second kappa shape index (κ2) is 7.58. The predicted octanol–water partition coefficient (Wildman–Crippen LogP) is 3.63. The monoisotopic (exact) mass is 277 g/mol. The summed E-state index contributed by atoms with van der Waals surface area (Å²) in [6.07, 6.45) is 2.97. The lowest BCUT2D eigenvalue weighted by atomic mass is 10.1. The Morgan fingerprint density at radius 1 is 1.30 bits per heavy atom. The molecule has 1 aromatic carbocycles. The number of benzene rings is 1. The van der Waals surface area contributed by atoms with Gasteiger partial charge in [-0.25, -0.2) is 4.79 Å². The van der Waals surface area contributed by atoms with Gasteiger partial charge in [-0.1, -0.05) is 36.4 Å². The van der Waals surface area contributed by atoms with E-state index in [0.29, 0.717) is 6.42 Å². The average Bonchev–Trinajstić information content (AvgIpc) is 2.35. The summed E-state index contributed by atoms with van der Waals surface area (Å²) in [5, 5.41) is 2.72. The summed E-state index contributed by atoms with van der Waals surface area (Å²) >= 11 is 0. The lowest BCUT2D eigenvalue weighted by Crippen LogP contribution is -2.41. The van der Waals surface area contributed by atoms with Gasteiger partial charge in [-0.05, 0) is 33.3 Å². The van der Waals surface area contributed by atoms with Gasteiger partial charge in [-0.15, -0.1) is 0 Å². The van der Waals surface area contributed by atoms with Crippen molar-refractivity contribution >= 4 is 6.09 Å². The van der Waals surface area contributed by atoms with E-state index in [9.17, 15) is 4.79 Å². The summed E-state index contributed by atoms with van der Waals surface area (Å²) in [4.78, 5) is 11.8. The van der Waals surface area contributed by atoms with E-state index >= 15 is 0 Å². The topological polar surface area (TPSA) is 47.6 Å². The van der Waals surface area contributed by atoms with Gasteiger partial charge in [0.2, 0.25) is 0 Å². The Labute approximate surface area is 120 Å². The predicted molar refractivity (Wildman–Crippen MR) is 79.2 cm³/mol. The van der Waals surface area contributed by atoms with Gasteiger partial charge in [0.05, 0.1) is 6.26 Å². The molecule has 0 unspecified atom stereocenters. The molecule has 0 aliphatic carbocycles. The van der Waals surface area contributed by atoms with Crippen molar-refractivity contribution in [3.63, 3.8) is 0 Å². The molecule has 0 fully saturated rings. The van der Waals surface area contributed by atoms with E-state index in [0.717, 1.165) is 5.56 Å². The largest absolute Gasteiger partial charge is 0.478 e. The number of carbonyl (C=O) groups is 1. The van der Waals surface area contributed by atoms with Gasteiger partial charge in [0, 0.05) is 6.42 Å². The molecule has 0 aliphatic rings. The SMILES string of the molecule is C/C=C\O[C@H](Cc1ccccc1)NC(=O)OC(C)(C)C. The molecule has 0 saturated carbocycles. The number of alkyl carbamates (subject to hydrolysis) is 1. The molecule has 1 aromatic rings. The van der Waals surface area contributed by atoms with Crippen LogP contribution in [0.5, 0.6) is 0 Å². The zero-order chi connectivity index (χ0) is 15.0. The van der Waals surface area contributed by atoms with Gasteiger partial charge in [0.15, 0.2) is 6.23 Å². The van der Waals surface area contributed by atoms with E-state index < -0.39 is 17.9 Å². The summed E-state index contributed by atoms with van der Waals surface area (Å²) in [5.74, 6) is 0. The number of hydrogen-bond donors (Lipinski definition) is 1. The van der Waals surface area contributed by atoms with Crippen molar-refractivity contribution in [1.82, 2.24) is 5.32 Å². The molecule has 20 heavy (non-hydrogen) atoms. The molecule has 0 bridgehead atoms. The summed E-state index contributed by atoms with van der Waals surface area (Å²) in [6, 6.07) is 9.84. The smallest absolute Gasteiger partial charge is 0.410 e. The van der Waals surface area contributed by atoms with Crippen molar-refractivity contribution in [2.75, 3.05) is 0 Å². The summed E-state index contributed by atoms with van der Waals surface area (Å²) < 4.78 is 10.7. The molecule has 0 aliphatic heterocycles. The number of allylic oxidation sites excluding steroid dienone is 1. The highest BCUT2D eigenvalue weighted by atomic mass is 16.6. The summed E-state index contributed by atoms with van der Waals surface area (Å²) in [7, 11) is 0. The second-order valence-corrected chi connectivity index (χ2v) is 5.43. The zero-order valence-electron chi connectivity index (χ0n) is 12.6. The van der Waals surface area contributed by atoms with Crippen LogP contribution in [0.2, 0.25) is 0 Å². The fourth-order valence-corrected chi connectivity index (χ4v) is 1.57. The van der Waals surface area contributed by atoms with E-state index in [-0.39, 0.29) is 0 Å². The molecule has 0 radical (unpaired) electrons. The van der Waals surface area contributed by atoms with Crippen LogP contribution in [-0.4, -0.2) is 17.9 Å². The first-order valence-corrected chi connectivity index (χ1v) is 6.71. The number of rotatable bonds is 5. The van der Waals surface area contributed by atoms with Crippen LogP contribution >= 0.6 is 0 Å². The van der Waals surface area contributed by atoms with Crippen LogP contribution in [0.1, 0.15) is 33.3 Å². The standard InChI is InChI=1S/C16H23NO3/c1-5-11-19-14(12-13-9-7-6-8-10-13)17-15(18)20-16(2,3)4/h5-11,14H,12H2,1-4H3,(H,17,18)/b11-5-/t14-/m1/s1. The maximum atomic E-state index is 11.8. The molecule has 0 heterocycles. The normalized spacial score (nSPS) is 13.0. The highest BCUT2D eigenvalue weighted by Gasteiger charge is 2.19. The van der Waals surface area contributed by atoms with Crippen molar-refractivity contribution in [3.8, 4) is 0 Å². The van der Waals surface area contributed by atoms with Crippen LogP contribution in [0.3, 0.4) is 0 Å². The van der Waals surface area contributed by atoms with Crippen molar-refractivity contribution in [2.24, 2.45) is 0 Å². The molecular formula is C16H23NO3. The zero-order valence-corrected chi connectivity index (χ0v) is 12.6. The lowest BCUT2D eigenvalue weighted by molar-refractivity contribution is 0.0325. The summed E-state index contributed by atoms with van der Waals surface area (Å²) in [5.41, 5.74) is 0.556. The van der Waals surface area contributed by atoms with E-state index in [2.05, 4.69) is 5.32 Å². The average molecular weight is 277 g/mol. The van der Waals surface area contributed by atoms with Crippen LogP contribution in [0, 0.1) is 0 Å². The fraction of sp³-hybridized carbons (Fsp3) is 0.438. The third-order valence-corrected chi connectivity index (χ3v) is 2.32. The van der Waals surface area contributed by atoms with Crippen LogP contribution in [0.25, 0.3) is 0 Å². The molecule has 1 N–H and O–H groups in total. The minimum atomic E-state index is -0.526. The first kappa shape index (κ1) is 16.1. The minimum Gasteiger partial charge on any atom is -0.478 e. The van der Waals surface area contributed by atoms with Gasteiger partial charge in [0.25, 0.3) is 0 Å². The Morgan fingerprint density at radius 3 is 2.50 bits per heavy atom. The highest BCUT2D eigenvalue weighted by Crippen LogP contribution is 2.09. The molecule has 110 valence electrons. The Balaban J connectivity index is 2.62. The molecule has 4 heteroatoms. The third-order valence-electron chi connectivity index (χ3n) is 2.32. The molecule has 4 nitrogen and oxygen atoms in total. The van der Waals surface area contributed by atoms with Crippen LogP contribution < -0.4 is 5.32 Å². The van der Waals surface area contributed by atoms with Crippen LogP contribution in [0.15, 0.2) is 42.7 Å². The molecule has 0 spiro atoms. The van der Waals surface area contributed by atoms with Gasteiger partial charge in [-0.2, -0.15) is 0 Å². The van der Waals surface area contributed by atoms with Crippen LogP contribution in [0.4, 0.5) is 4.79 Å². The number of ether oxygens (including phenoxy) is 2. The van der Waals surface area contributed by atoms with E-state index in [4.69, 9.17) is 9.47 Å². The maximum absolute atomic E-state index is 11.8. The molecular weight excluding hydrogens is 254 g/mol.